The number of nitrogens with one attached hydrogen (secondary N) is 1. The van der Waals surface area contributed by atoms with E-state index < -0.39 is 0 Å². The molecule has 1 aromatic heterocycles. The molecule has 0 bridgehead atoms. The Kier molecular flexibility index (Phi) is 4.52. The van der Waals surface area contributed by atoms with E-state index >= 15 is 0 Å². The molecule has 1 fully saturated rings. The molecule has 2 rings (SSSR count). The summed E-state index contributed by atoms with van der Waals surface area (Å²) in [6.07, 6.45) is 2.86. The Balaban J connectivity index is 1.97. The average Bonchev–Trinajstić information content (AvgIpc) is 2.40. The van der Waals surface area contributed by atoms with Gasteiger partial charge in [0.05, 0.1) is 18.8 Å². The zero-order valence-electron chi connectivity index (χ0n) is 10.7. The summed E-state index contributed by atoms with van der Waals surface area (Å²) in [7, 11) is 0. The molecular formula is C13H19N3O2. The van der Waals surface area contributed by atoms with Gasteiger partial charge in [-0.2, -0.15) is 0 Å². The van der Waals surface area contributed by atoms with Crippen molar-refractivity contribution in [2.75, 3.05) is 31.6 Å². The van der Waals surface area contributed by atoms with Gasteiger partial charge in [-0.3, -0.25) is 9.78 Å². The molecule has 2 heterocycles. The van der Waals surface area contributed by atoms with Crippen LogP contribution < -0.4 is 5.32 Å². The number of anilines is 1. The molecule has 18 heavy (non-hydrogen) atoms. The quantitative estimate of drug-likeness (QED) is 0.853. The summed E-state index contributed by atoms with van der Waals surface area (Å²) in [5.41, 5.74) is 1.97. The molecule has 0 saturated carbocycles. The molecule has 1 aliphatic heterocycles. The molecule has 0 atom stereocenters. The van der Waals surface area contributed by atoms with Crippen molar-refractivity contribution in [3.63, 3.8) is 0 Å². The number of carbonyl (C=O) groups is 1. The molecule has 5 heteroatoms. The van der Waals surface area contributed by atoms with Crippen molar-refractivity contribution in [1.29, 1.82) is 0 Å². The zero-order chi connectivity index (χ0) is 12.8. The summed E-state index contributed by atoms with van der Waals surface area (Å²) in [5, 5.41) is 3.32. The number of amides is 1. The van der Waals surface area contributed by atoms with Gasteiger partial charge >= 0.3 is 0 Å². The largest absolute Gasteiger partial charge is 0.385 e. The molecular weight excluding hydrogens is 230 g/mol. The number of ether oxygens (including phenoxy) is 1. The van der Waals surface area contributed by atoms with Crippen molar-refractivity contribution >= 4 is 11.6 Å². The van der Waals surface area contributed by atoms with Gasteiger partial charge in [0, 0.05) is 25.0 Å². The van der Waals surface area contributed by atoms with Gasteiger partial charge in [0.1, 0.15) is 6.61 Å². The van der Waals surface area contributed by atoms with Crippen LogP contribution in [-0.2, 0) is 16.1 Å². The van der Waals surface area contributed by atoms with Crippen LogP contribution in [-0.4, -0.2) is 42.1 Å². The van der Waals surface area contributed by atoms with Crippen molar-refractivity contribution in [1.82, 2.24) is 9.88 Å². The Labute approximate surface area is 107 Å². The second kappa shape index (κ2) is 6.35. The molecule has 0 aromatic carbocycles. The molecule has 0 aliphatic carbocycles. The maximum atomic E-state index is 11.6. The number of hydrogen-bond acceptors (Lipinski definition) is 4. The molecule has 0 radical (unpaired) electrons. The van der Waals surface area contributed by atoms with Crippen LogP contribution in [0.4, 0.5) is 5.69 Å². The van der Waals surface area contributed by atoms with E-state index in [1.165, 1.54) is 0 Å². The number of nitrogens with zero attached hydrogens (tertiary/aromatic N) is 2. The van der Waals surface area contributed by atoms with E-state index in [4.69, 9.17) is 4.74 Å². The van der Waals surface area contributed by atoms with Crippen LogP contribution in [0.3, 0.4) is 0 Å². The van der Waals surface area contributed by atoms with Gasteiger partial charge in [0.15, 0.2) is 0 Å². The molecule has 5 nitrogen and oxygen atoms in total. The van der Waals surface area contributed by atoms with Crippen LogP contribution in [0.15, 0.2) is 18.3 Å². The standard InChI is InChI=1S/C13H19N3O2/c1-2-4-14-11-3-5-15-12(8-11)9-16-6-7-18-10-13(16)17/h3,5,8H,2,4,6-7,9-10H2,1H3,(H,14,15). The molecule has 1 aromatic rings. The number of hydrogen-bond donors (Lipinski definition) is 1. The fraction of sp³-hybridized carbons (Fsp3) is 0.538. The van der Waals surface area contributed by atoms with Crippen LogP contribution >= 0.6 is 0 Å². The van der Waals surface area contributed by atoms with Crippen molar-refractivity contribution in [3.8, 4) is 0 Å². The molecule has 1 N–H and O–H groups in total. The van der Waals surface area contributed by atoms with Gasteiger partial charge in [-0.15, -0.1) is 0 Å². The van der Waals surface area contributed by atoms with E-state index in [1.807, 2.05) is 12.1 Å². The summed E-state index contributed by atoms with van der Waals surface area (Å²) < 4.78 is 5.10. The Morgan fingerprint density at radius 3 is 3.22 bits per heavy atom. The summed E-state index contributed by atoms with van der Waals surface area (Å²) in [4.78, 5) is 17.7. The minimum Gasteiger partial charge on any atom is -0.385 e. The van der Waals surface area contributed by atoms with Crippen molar-refractivity contribution < 1.29 is 9.53 Å². The van der Waals surface area contributed by atoms with Crippen LogP contribution in [0.5, 0.6) is 0 Å². The first-order valence-electron chi connectivity index (χ1n) is 6.34. The van der Waals surface area contributed by atoms with Gasteiger partial charge in [0.25, 0.3) is 0 Å². The normalized spacial score (nSPS) is 15.8. The van der Waals surface area contributed by atoms with Crippen LogP contribution in [0.25, 0.3) is 0 Å². The highest BCUT2D eigenvalue weighted by Crippen LogP contribution is 2.11. The second-order valence-electron chi connectivity index (χ2n) is 4.33. The van der Waals surface area contributed by atoms with Crippen molar-refractivity contribution in [2.24, 2.45) is 0 Å². The number of morpholine rings is 1. The summed E-state index contributed by atoms with van der Waals surface area (Å²) in [6, 6.07) is 3.94. The lowest BCUT2D eigenvalue weighted by Crippen LogP contribution is -2.41. The highest BCUT2D eigenvalue weighted by molar-refractivity contribution is 5.77. The summed E-state index contributed by atoms with van der Waals surface area (Å²) >= 11 is 0. The first-order chi connectivity index (χ1) is 8.79. The third-order valence-corrected chi connectivity index (χ3v) is 2.83. The fourth-order valence-electron chi connectivity index (χ4n) is 1.86. The lowest BCUT2D eigenvalue weighted by Gasteiger charge is -2.26. The molecule has 1 saturated heterocycles. The summed E-state index contributed by atoms with van der Waals surface area (Å²) in [5.74, 6) is 0.0370. The fourth-order valence-corrected chi connectivity index (χ4v) is 1.86. The smallest absolute Gasteiger partial charge is 0.248 e. The number of pyridine rings is 1. The van der Waals surface area contributed by atoms with E-state index in [0.29, 0.717) is 19.7 Å². The number of carbonyl (C=O) groups excluding carboxylic acids is 1. The average molecular weight is 249 g/mol. The predicted molar refractivity (Wildman–Crippen MR) is 69.3 cm³/mol. The van der Waals surface area contributed by atoms with Gasteiger partial charge in [-0.05, 0) is 18.6 Å². The van der Waals surface area contributed by atoms with E-state index in [1.54, 1.807) is 11.1 Å². The highest BCUT2D eigenvalue weighted by Gasteiger charge is 2.18. The SMILES string of the molecule is CCCNc1ccnc(CN2CCOCC2=O)c1. The van der Waals surface area contributed by atoms with Crippen LogP contribution in [0, 0.1) is 0 Å². The summed E-state index contributed by atoms with van der Waals surface area (Å²) in [6.45, 7) is 5.08. The predicted octanol–water partition coefficient (Wildman–Crippen LogP) is 1.26. The van der Waals surface area contributed by atoms with Gasteiger partial charge in [0.2, 0.25) is 5.91 Å². The molecule has 98 valence electrons. The highest BCUT2D eigenvalue weighted by atomic mass is 16.5. The molecule has 0 unspecified atom stereocenters. The van der Waals surface area contributed by atoms with Crippen LogP contribution in [0.2, 0.25) is 0 Å². The first kappa shape index (κ1) is 12.8. The Hall–Kier alpha value is -1.62. The van der Waals surface area contributed by atoms with E-state index in [-0.39, 0.29) is 12.5 Å². The van der Waals surface area contributed by atoms with E-state index in [2.05, 4.69) is 17.2 Å². The minimum absolute atomic E-state index is 0.0370. The maximum absolute atomic E-state index is 11.6. The molecule has 0 spiro atoms. The molecule has 1 aliphatic rings. The Morgan fingerprint density at radius 1 is 1.56 bits per heavy atom. The third kappa shape index (κ3) is 3.43. The number of aromatic nitrogens is 1. The van der Waals surface area contributed by atoms with Crippen molar-refractivity contribution in [3.05, 3.63) is 24.0 Å². The van der Waals surface area contributed by atoms with Gasteiger partial charge in [-0.1, -0.05) is 6.92 Å². The van der Waals surface area contributed by atoms with E-state index in [0.717, 1.165) is 24.3 Å². The number of rotatable bonds is 5. The first-order valence-corrected chi connectivity index (χ1v) is 6.34. The molecule has 1 amide bonds. The monoisotopic (exact) mass is 249 g/mol. The third-order valence-electron chi connectivity index (χ3n) is 2.83. The lowest BCUT2D eigenvalue weighted by molar-refractivity contribution is -0.143. The topological polar surface area (TPSA) is 54.5 Å². The minimum atomic E-state index is 0.0370. The van der Waals surface area contributed by atoms with Gasteiger partial charge in [-0.25, -0.2) is 0 Å². The van der Waals surface area contributed by atoms with E-state index in [9.17, 15) is 4.79 Å². The zero-order valence-corrected chi connectivity index (χ0v) is 10.7. The second-order valence-corrected chi connectivity index (χ2v) is 4.33. The Bertz CT molecular complexity index is 409. The Morgan fingerprint density at radius 2 is 2.44 bits per heavy atom. The van der Waals surface area contributed by atoms with Crippen LogP contribution in [0.1, 0.15) is 19.0 Å². The van der Waals surface area contributed by atoms with Gasteiger partial charge < -0.3 is 15.0 Å². The lowest BCUT2D eigenvalue weighted by atomic mass is 10.2. The van der Waals surface area contributed by atoms with Crippen molar-refractivity contribution in [2.45, 2.75) is 19.9 Å². The maximum Gasteiger partial charge on any atom is 0.248 e.